The van der Waals surface area contributed by atoms with Gasteiger partial charge in [0, 0.05) is 11.9 Å². The molecule has 0 radical (unpaired) electrons. The van der Waals surface area contributed by atoms with Crippen molar-refractivity contribution >= 4 is 28.1 Å². The maximum absolute atomic E-state index is 4.61. The molecule has 0 unspecified atom stereocenters. The van der Waals surface area contributed by atoms with Gasteiger partial charge < -0.3 is 10.6 Å². The number of para-hydroxylation sites is 1. The molecule has 0 aliphatic rings. The summed E-state index contributed by atoms with van der Waals surface area (Å²) in [5.74, 6) is 0.956. The molecule has 2 heterocycles. The van der Waals surface area contributed by atoms with Gasteiger partial charge in [-0.1, -0.05) is 18.2 Å². The normalized spacial score (nSPS) is 10.9. The quantitative estimate of drug-likeness (QED) is 0.619. The van der Waals surface area contributed by atoms with Crippen molar-refractivity contribution in [2.45, 2.75) is 12.8 Å². The lowest BCUT2D eigenvalue weighted by molar-refractivity contribution is 0.660. The summed E-state index contributed by atoms with van der Waals surface area (Å²) in [6, 6.07) is 14.6. The lowest BCUT2D eigenvalue weighted by Gasteiger charge is -2.07. The van der Waals surface area contributed by atoms with Crippen LogP contribution in [-0.4, -0.2) is 24.6 Å². The van der Waals surface area contributed by atoms with E-state index in [1.54, 1.807) is 11.3 Å². The lowest BCUT2D eigenvalue weighted by Crippen LogP contribution is -2.20. The molecule has 2 N–H and O–H groups in total. The van der Waals surface area contributed by atoms with Gasteiger partial charge in [0.25, 0.3) is 0 Å². The molecular weight excluding hydrogens is 290 g/mol. The van der Waals surface area contributed by atoms with Gasteiger partial charge in [0.2, 0.25) is 0 Å². The SMILES string of the molecule is c1ccc2nc(NCCCNCCc3ccsc3)ccc2c1. The predicted molar refractivity (Wildman–Crippen MR) is 95.7 cm³/mol. The summed E-state index contributed by atoms with van der Waals surface area (Å²) in [4.78, 5) is 4.61. The number of anilines is 1. The molecular formula is C18H21N3S. The van der Waals surface area contributed by atoms with E-state index in [0.717, 1.165) is 43.8 Å². The van der Waals surface area contributed by atoms with Crippen molar-refractivity contribution in [3.63, 3.8) is 0 Å². The van der Waals surface area contributed by atoms with Gasteiger partial charge in [-0.25, -0.2) is 4.98 Å². The van der Waals surface area contributed by atoms with Gasteiger partial charge in [0.1, 0.15) is 5.82 Å². The van der Waals surface area contributed by atoms with Crippen molar-refractivity contribution < 1.29 is 0 Å². The topological polar surface area (TPSA) is 37.0 Å². The molecule has 3 rings (SSSR count). The standard InChI is InChI=1S/C18H21N3S/c1-2-5-17-16(4-1)6-7-18(21-17)20-11-3-10-19-12-8-15-9-13-22-14-15/h1-2,4-7,9,13-14,19H,3,8,10-12H2,(H,20,21). The largest absolute Gasteiger partial charge is 0.370 e. The highest BCUT2D eigenvalue weighted by Gasteiger charge is 1.97. The average Bonchev–Trinajstić information content (AvgIpc) is 3.07. The van der Waals surface area contributed by atoms with Crippen LogP contribution in [0.15, 0.2) is 53.2 Å². The number of pyridine rings is 1. The van der Waals surface area contributed by atoms with Gasteiger partial charge in [0.15, 0.2) is 0 Å². The highest BCUT2D eigenvalue weighted by molar-refractivity contribution is 7.07. The fraction of sp³-hybridized carbons (Fsp3) is 0.278. The van der Waals surface area contributed by atoms with Crippen LogP contribution >= 0.6 is 11.3 Å². The number of hydrogen-bond acceptors (Lipinski definition) is 4. The van der Waals surface area contributed by atoms with Crippen molar-refractivity contribution in [3.8, 4) is 0 Å². The number of benzene rings is 1. The van der Waals surface area contributed by atoms with Gasteiger partial charge >= 0.3 is 0 Å². The average molecular weight is 311 g/mol. The zero-order chi connectivity index (χ0) is 15.0. The third-order valence-electron chi connectivity index (χ3n) is 3.61. The molecule has 0 saturated carbocycles. The molecule has 22 heavy (non-hydrogen) atoms. The first-order valence-electron chi connectivity index (χ1n) is 7.73. The van der Waals surface area contributed by atoms with Crippen LogP contribution in [0.25, 0.3) is 10.9 Å². The second-order valence-corrected chi connectivity index (χ2v) is 6.08. The zero-order valence-corrected chi connectivity index (χ0v) is 13.4. The van der Waals surface area contributed by atoms with Crippen LogP contribution in [0.3, 0.4) is 0 Å². The molecule has 0 spiro atoms. The molecule has 4 heteroatoms. The van der Waals surface area contributed by atoms with Crippen LogP contribution in [0.5, 0.6) is 0 Å². The van der Waals surface area contributed by atoms with E-state index in [9.17, 15) is 0 Å². The Kier molecular flexibility index (Phi) is 5.40. The molecule has 0 atom stereocenters. The molecule has 2 aromatic heterocycles. The molecule has 0 saturated heterocycles. The second kappa shape index (κ2) is 7.92. The molecule has 1 aromatic carbocycles. The Morgan fingerprint density at radius 2 is 1.91 bits per heavy atom. The van der Waals surface area contributed by atoms with Gasteiger partial charge in [-0.15, -0.1) is 0 Å². The predicted octanol–water partition coefficient (Wildman–Crippen LogP) is 3.93. The van der Waals surface area contributed by atoms with Crippen LogP contribution in [0.2, 0.25) is 0 Å². The molecule has 0 amide bonds. The summed E-state index contributed by atoms with van der Waals surface area (Å²) < 4.78 is 0. The minimum Gasteiger partial charge on any atom is -0.370 e. The van der Waals surface area contributed by atoms with Crippen molar-refractivity contribution in [3.05, 3.63) is 58.8 Å². The zero-order valence-electron chi connectivity index (χ0n) is 12.6. The van der Waals surface area contributed by atoms with Gasteiger partial charge in [-0.3, -0.25) is 0 Å². The van der Waals surface area contributed by atoms with Crippen molar-refractivity contribution in [1.29, 1.82) is 0 Å². The van der Waals surface area contributed by atoms with Gasteiger partial charge in [-0.2, -0.15) is 11.3 Å². The Hall–Kier alpha value is -1.91. The molecule has 0 aliphatic carbocycles. The minimum atomic E-state index is 0.941. The summed E-state index contributed by atoms with van der Waals surface area (Å²) in [5, 5.41) is 12.4. The monoisotopic (exact) mass is 311 g/mol. The molecule has 0 fully saturated rings. The highest BCUT2D eigenvalue weighted by atomic mass is 32.1. The first kappa shape index (κ1) is 15.0. The Bertz CT molecular complexity index is 694. The fourth-order valence-corrected chi connectivity index (χ4v) is 3.09. The first-order chi connectivity index (χ1) is 10.9. The number of nitrogens with zero attached hydrogens (tertiary/aromatic N) is 1. The summed E-state index contributed by atoms with van der Waals surface area (Å²) in [5.41, 5.74) is 2.47. The molecule has 0 aliphatic heterocycles. The number of nitrogens with one attached hydrogen (secondary N) is 2. The van der Waals surface area contributed by atoms with Gasteiger partial charge in [-0.05, 0) is 66.5 Å². The van der Waals surface area contributed by atoms with Gasteiger partial charge in [0.05, 0.1) is 5.52 Å². The van der Waals surface area contributed by atoms with E-state index in [2.05, 4.69) is 44.6 Å². The van der Waals surface area contributed by atoms with Crippen molar-refractivity contribution in [2.24, 2.45) is 0 Å². The maximum atomic E-state index is 4.61. The Morgan fingerprint density at radius 1 is 0.955 bits per heavy atom. The summed E-state index contributed by atoms with van der Waals surface area (Å²) in [6.07, 6.45) is 2.21. The number of fused-ring (bicyclic) bond motifs is 1. The van der Waals surface area contributed by atoms with E-state index in [0.29, 0.717) is 0 Å². The van der Waals surface area contributed by atoms with Crippen LogP contribution in [0.1, 0.15) is 12.0 Å². The Balaban J connectivity index is 1.34. The van der Waals surface area contributed by atoms with E-state index < -0.39 is 0 Å². The van der Waals surface area contributed by atoms with E-state index >= 15 is 0 Å². The van der Waals surface area contributed by atoms with Crippen LogP contribution < -0.4 is 10.6 Å². The maximum Gasteiger partial charge on any atom is 0.126 e. The number of aromatic nitrogens is 1. The fourth-order valence-electron chi connectivity index (χ4n) is 2.39. The third-order valence-corrected chi connectivity index (χ3v) is 4.34. The molecule has 3 nitrogen and oxygen atoms in total. The van der Waals surface area contributed by atoms with Crippen LogP contribution in [0, 0.1) is 0 Å². The first-order valence-corrected chi connectivity index (χ1v) is 8.67. The van der Waals surface area contributed by atoms with E-state index in [1.807, 2.05) is 24.3 Å². The smallest absolute Gasteiger partial charge is 0.126 e. The Labute approximate surface area is 135 Å². The molecule has 3 aromatic rings. The highest BCUT2D eigenvalue weighted by Crippen LogP contribution is 2.14. The lowest BCUT2D eigenvalue weighted by atomic mass is 10.2. The van der Waals surface area contributed by atoms with E-state index in [1.165, 1.54) is 10.9 Å². The number of rotatable bonds is 8. The number of thiophene rings is 1. The molecule has 0 bridgehead atoms. The summed E-state index contributed by atoms with van der Waals surface area (Å²) in [7, 11) is 0. The number of hydrogen-bond donors (Lipinski definition) is 2. The van der Waals surface area contributed by atoms with Crippen molar-refractivity contribution in [2.75, 3.05) is 25.0 Å². The molecule has 114 valence electrons. The van der Waals surface area contributed by atoms with Crippen LogP contribution in [0.4, 0.5) is 5.82 Å². The Morgan fingerprint density at radius 3 is 2.82 bits per heavy atom. The summed E-state index contributed by atoms with van der Waals surface area (Å²) in [6.45, 7) is 3.02. The van der Waals surface area contributed by atoms with Crippen molar-refractivity contribution in [1.82, 2.24) is 10.3 Å². The van der Waals surface area contributed by atoms with E-state index in [4.69, 9.17) is 0 Å². The minimum absolute atomic E-state index is 0.941. The van der Waals surface area contributed by atoms with Crippen LogP contribution in [-0.2, 0) is 6.42 Å². The summed E-state index contributed by atoms with van der Waals surface area (Å²) >= 11 is 1.77. The third kappa shape index (κ3) is 4.29. The second-order valence-electron chi connectivity index (χ2n) is 5.30. The van der Waals surface area contributed by atoms with E-state index in [-0.39, 0.29) is 0 Å².